The van der Waals surface area contributed by atoms with E-state index < -0.39 is 23.1 Å². The van der Waals surface area contributed by atoms with E-state index in [0.717, 1.165) is 19.3 Å². The predicted molar refractivity (Wildman–Crippen MR) is 96.2 cm³/mol. The first-order chi connectivity index (χ1) is 13.0. The summed E-state index contributed by atoms with van der Waals surface area (Å²) in [5, 5.41) is 11.7. The maximum Gasteiger partial charge on any atom is 0.323 e. The number of methoxy groups -OCH3 is 1. The molecule has 27 heavy (non-hydrogen) atoms. The number of aliphatic hydroxyl groups is 1. The minimum absolute atomic E-state index is 0.0589. The van der Waals surface area contributed by atoms with E-state index in [9.17, 15) is 9.90 Å². The molecule has 6 heteroatoms. The van der Waals surface area contributed by atoms with Crippen LogP contribution in [-0.4, -0.2) is 24.8 Å². The van der Waals surface area contributed by atoms with Gasteiger partial charge in [0, 0.05) is 5.56 Å². The highest BCUT2D eigenvalue weighted by Gasteiger charge is 2.67. The molecule has 6 nitrogen and oxygen atoms in total. The molecular weight excluding hydrogens is 348 g/mol. The van der Waals surface area contributed by atoms with E-state index in [1.54, 1.807) is 44.4 Å². The second-order valence-electron chi connectivity index (χ2n) is 7.48. The van der Waals surface area contributed by atoms with Crippen molar-refractivity contribution in [3.63, 3.8) is 0 Å². The Hall–Kier alpha value is -2.31. The van der Waals surface area contributed by atoms with E-state index in [2.05, 4.69) is 12.2 Å². The molecule has 144 valence electrons. The van der Waals surface area contributed by atoms with Crippen LogP contribution in [0.4, 0.5) is 0 Å². The van der Waals surface area contributed by atoms with Gasteiger partial charge in [-0.3, -0.25) is 4.79 Å². The molecule has 0 bridgehead atoms. The summed E-state index contributed by atoms with van der Waals surface area (Å²) >= 11 is 0. The third-order valence-corrected chi connectivity index (χ3v) is 6.00. The van der Waals surface area contributed by atoms with Crippen LogP contribution in [0.5, 0.6) is 5.75 Å². The standard InChI is InChI=1S/C21H24O6/c1-20(17-12-13-25-27-17)18(14-6-4-3-5-7-14)21(23,26-19(20)22)15-8-10-16(24-2)11-9-15/h3-4,8-12,14,18,23H,5-7,13H2,1-2H3. The summed E-state index contributed by atoms with van der Waals surface area (Å²) in [4.78, 5) is 23.4. The number of esters is 1. The molecule has 1 aromatic carbocycles. The average molecular weight is 372 g/mol. The molecule has 0 aromatic heterocycles. The van der Waals surface area contributed by atoms with Gasteiger partial charge in [-0.05, 0) is 62.4 Å². The van der Waals surface area contributed by atoms with Gasteiger partial charge in [0.05, 0.1) is 13.0 Å². The normalized spacial score (nSPS) is 35.5. The van der Waals surface area contributed by atoms with Gasteiger partial charge >= 0.3 is 5.97 Å². The van der Waals surface area contributed by atoms with Crippen LogP contribution in [-0.2, 0) is 25.1 Å². The Kier molecular flexibility index (Phi) is 4.48. The topological polar surface area (TPSA) is 74.2 Å². The highest BCUT2D eigenvalue weighted by atomic mass is 17.2. The highest BCUT2D eigenvalue weighted by Crippen LogP contribution is 2.59. The molecule has 3 aliphatic rings. The van der Waals surface area contributed by atoms with Gasteiger partial charge in [-0.1, -0.05) is 12.2 Å². The number of benzene rings is 1. The summed E-state index contributed by atoms with van der Waals surface area (Å²) < 4.78 is 10.9. The van der Waals surface area contributed by atoms with Crippen molar-refractivity contribution in [3.8, 4) is 5.75 Å². The van der Waals surface area contributed by atoms with Crippen LogP contribution in [0.1, 0.15) is 31.7 Å². The van der Waals surface area contributed by atoms with E-state index in [0.29, 0.717) is 17.1 Å². The van der Waals surface area contributed by atoms with Crippen molar-refractivity contribution >= 4 is 5.97 Å². The molecule has 2 aliphatic heterocycles. The summed E-state index contributed by atoms with van der Waals surface area (Å²) in [6.45, 7) is 2.05. The molecule has 0 saturated carbocycles. The Bertz CT molecular complexity index is 782. The van der Waals surface area contributed by atoms with Crippen molar-refractivity contribution in [2.24, 2.45) is 17.3 Å². The van der Waals surface area contributed by atoms with Crippen molar-refractivity contribution in [1.29, 1.82) is 0 Å². The molecule has 1 aliphatic carbocycles. The van der Waals surface area contributed by atoms with E-state index in [4.69, 9.17) is 19.2 Å². The maximum atomic E-state index is 13.0. The van der Waals surface area contributed by atoms with Gasteiger partial charge in [0.1, 0.15) is 17.8 Å². The van der Waals surface area contributed by atoms with Crippen LogP contribution in [0.25, 0.3) is 0 Å². The molecule has 2 heterocycles. The third kappa shape index (κ3) is 2.75. The van der Waals surface area contributed by atoms with Crippen LogP contribution in [0.3, 0.4) is 0 Å². The second-order valence-corrected chi connectivity index (χ2v) is 7.48. The monoisotopic (exact) mass is 372 g/mol. The van der Waals surface area contributed by atoms with Gasteiger partial charge in [-0.25, -0.2) is 0 Å². The molecule has 1 fully saturated rings. The van der Waals surface area contributed by atoms with Crippen LogP contribution >= 0.6 is 0 Å². The summed E-state index contributed by atoms with van der Waals surface area (Å²) in [5.74, 6) is -1.62. The number of ether oxygens (including phenoxy) is 2. The zero-order valence-corrected chi connectivity index (χ0v) is 15.5. The molecule has 4 rings (SSSR count). The van der Waals surface area contributed by atoms with E-state index in [-0.39, 0.29) is 12.5 Å². The molecule has 1 aromatic rings. The largest absolute Gasteiger partial charge is 0.497 e. The molecule has 0 amide bonds. The number of hydrogen-bond donors (Lipinski definition) is 1. The molecular formula is C21H24O6. The van der Waals surface area contributed by atoms with Gasteiger partial charge < -0.3 is 19.5 Å². The lowest BCUT2D eigenvalue weighted by Crippen LogP contribution is -2.44. The van der Waals surface area contributed by atoms with Gasteiger partial charge in [0.25, 0.3) is 0 Å². The molecule has 4 unspecified atom stereocenters. The van der Waals surface area contributed by atoms with Gasteiger partial charge in [-0.2, -0.15) is 4.89 Å². The zero-order chi connectivity index (χ0) is 19.1. The number of cyclic esters (lactones) is 1. The number of rotatable bonds is 4. The predicted octanol–water partition coefficient (Wildman–Crippen LogP) is 3.22. The lowest BCUT2D eigenvalue weighted by atomic mass is 9.63. The number of hydrogen-bond acceptors (Lipinski definition) is 6. The SMILES string of the molecule is COc1ccc(C2(O)OC(=O)C(C)(C3=CCOO3)C2C2CC=CCC2)cc1. The minimum Gasteiger partial charge on any atom is -0.497 e. The fourth-order valence-corrected chi connectivity index (χ4v) is 4.60. The summed E-state index contributed by atoms with van der Waals surface area (Å²) in [6, 6.07) is 6.99. The van der Waals surface area contributed by atoms with Crippen LogP contribution in [0.2, 0.25) is 0 Å². The van der Waals surface area contributed by atoms with Crippen LogP contribution in [0, 0.1) is 17.3 Å². The smallest absolute Gasteiger partial charge is 0.323 e. The van der Waals surface area contributed by atoms with E-state index in [1.165, 1.54) is 0 Å². The number of allylic oxidation sites excluding steroid dienone is 2. The lowest BCUT2D eigenvalue weighted by molar-refractivity contribution is -0.250. The van der Waals surface area contributed by atoms with Crippen molar-refractivity contribution in [1.82, 2.24) is 0 Å². The van der Waals surface area contributed by atoms with Crippen LogP contribution in [0.15, 0.2) is 48.3 Å². The number of carbonyl (C=O) groups is 1. The Balaban J connectivity index is 1.81. The number of carbonyl (C=O) groups excluding carboxylic acids is 1. The first-order valence-electron chi connectivity index (χ1n) is 9.25. The summed E-state index contributed by atoms with van der Waals surface area (Å²) in [5.41, 5.74) is -0.597. The van der Waals surface area contributed by atoms with Crippen molar-refractivity contribution in [2.75, 3.05) is 13.7 Å². The van der Waals surface area contributed by atoms with Crippen LogP contribution < -0.4 is 4.74 Å². The highest BCUT2D eigenvalue weighted by molar-refractivity contribution is 5.83. The summed E-state index contributed by atoms with van der Waals surface area (Å²) in [6.07, 6.45) is 8.51. The fraction of sp³-hybridized carbons (Fsp3) is 0.476. The Morgan fingerprint density at radius 1 is 1.22 bits per heavy atom. The van der Waals surface area contributed by atoms with Gasteiger partial charge in [0.2, 0.25) is 5.79 Å². The van der Waals surface area contributed by atoms with Gasteiger partial charge in [0.15, 0.2) is 5.76 Å². The fourth-order valence-electron chi connectivity index (χ4n) is 4.60. The zero-order valence-electron chi connectivity index (χ0n) is 15.5. The van der Waals surface area contributed by atoms with E-state index in [1.807, 2.05) is 0 Å². The van der Waals surface area contributed by atoms with E-state index >= 15 is 0 Å². The molecule has 4 atom stereocenters. The average Bonchev–Trinajstić information content (AvgIpc) is 3.30. The Labute approximate surface area is 158 Å². The quantitative estimate of drug-likeness (QED) is 0.497. The molecule has 1 N–H and O–H groups in total. The Morgan fingerprint density at radius 3 is 2.59 bits per heavy atom. The molecule has 1 saturated heterocycles. The molecule has 0 radical (unpaired) electrons. The second kappa shape index (κ2) is 6.69. The third-order valence-electron chi connectivity index (χ3n) is 6.00. The summed E-state index contributed by atoms with van der Waals surface area (Å²) in [7, 11) is 1.58. The first-order valence-corrected chi connectivity index (χ1v) is 9.25. The van der Waals surface area contributed by atoms with Gasteiger partial charge in [-0.15, -0.1) is 0 Å². The molecule has 0 spiro atoms. The lowest BCUT2D eigenvalue weighted by Gasteiger charge is -2.39. The van der Waals surface area contributed by atoms with Crippen molar-refractivity contribution in [3.05, 3.63) is 53.8 Å². The maximum absolute atomic E-state index is 13.0. The van der Waals surface area contributed by atoms with Crippen molar-refractivity contribution in [2.45, 2.75) is 32.0 Å². The Morgan fingerprint density at radius 2 is 2.00 bits per heavy atom. The minimum atomic E-state index is -1.75. The van der Waals surface area contributed by atoms with Crippen molar-refractivity contribution < 1.29 is 29.1 Å². The first kappa shape index (κ1) is 18.1.